The maximum atomic E-state index is 9.60. The zero-order valence-electron chi connectivity index (χ0n) is 9.86. The van der Waals surface area contributed by atoms with Crippen molar-refractivity contribution in [2.75, 3.05) is 0 Å². The minimum Gasteiger partial charge on any atom is -0.508 e. The number of rotatable bonds is 0. The van der Waals surface area contributed by atoms with Gasteiger partial charge in [-0.25, -0.2) is 0 Å². The molecule has 1 aliphatic rings. The highest BCUT2D eigenvalue weighted by Gasteiger charge is 2.35. The van der Waals surface area contributed by atoms with Gasteiger partial charge in [0, 0.05) is 5.41 Å². The molecule has 2 nitrogen and oxygen atoms in total. The van der Waals surface area contributed by atoms with Gasteiger partial charge in [0.05, 0.1) is 0 Å². The molecule has 3 rings (SSSR count). The largest absolute Gasteiger partial charge is 0.508 e. The van der Waals surface area contributed by atoms with E-state index in [1.807, 2.05) is 12.1 Å². The molecule has 2 N–H and O–H groups in total. The van der Waals surface area contributed by atoms with E-state index in [1.165, 1.54) is 11.1 Å². The summed E-state index contributed by atoms with van der Waals surface area (Å²) in [5.74, 6) is 0.520. The molecule has 17 heavy (non-hydrogen) atoms. The Morgan fingerprint density at radius 2 is 1.18 bits per heavy atom. The van der Waals surface area contributed by atoms with Gasteiger partial charge in [0.2, 0.25) is 0 Å². The number of fused-ring (bicyclic) bond motifs is 3. The van der Waals surface area contributed by atoms with E-state index in [9.17, 15) is 10.2 Å². The predicted octanol–water partition coefficient (Wildman–Crippen LogP) is 3.40. The van der Waals surface area contributed by atoms with Crippen molar-refractivity contribution in [3.8, 4) is 22.6 Å². The fourth-order valence-corrected chi connectivity index (χ4v) is 2.75. The summed E-state index contributed by atoms with van der Waals surface area (Å²) in [6, 6.07) is 10.9. The van der Waals surface area contributed by atoms with E-state index in [4.69, 9.17) is 0 Å². The molecule has 0 bridgehead atoms. The number of phenols is 2. The second kappa shape index (κ2) is 3.04. The molecule has 0 spiro atoms. The Hall–Kier alpha value is -1.96. The molecule has 0 aliphatic heterocycles. The van der Waals surface area contributed by atoms with Gasteiger partial charge in [-0.3, -0.25) is 0 Å². The van der Waals surface area contributed by atoms with Gasteiger partial charge in [-0.15, -0.1) is 0 Å². The number of phenolic OH excluding ortho intramolecular Hbond substituents is 2. The monoisotopic (exact) mass is 226 g/mol. The molecule has 1 aliphatic carbocycles. The average molecular weight is 226 g/mol. The topological polar surface area (TPSA) is 40.5 Å². The van der Waals surface area contributed by atoms with Crippen LogP contribution in [0.1, 0.15) is 25.0 Å². The lowest BCUT2D eigenvalue weighted by Gasteiger charge is -2.21. The van der Waals surface area contributed by atoms with E-state index in [-0.39, 0.29) is 16.9 Å². The average Bonchev–Trinajstić information content (AvgIpc) is 2.47. The highest BCUT2D eigenvalue weighted by molar-refractivity contribution is 5.82. The fraction of sp³-hybridized carbons (Fsp3) is 0.200. The molecule has 0 heterocycles. The third-order valence-electron chi connectivity index (χ3n) is 3.64. The Labute approximate surface area is 100 Å². The molecule has 0 fully saturated rings. The second-order valence-corrected chi connectivity index (χ2v) is 5.08. The maximum absolute atomic E-state index is 9.60. The summed E-state index contributed by atoms with van der Waals surface area (Å²) in [6.45, 7) is 4.32. The SMILES string of the molecule is CC1(C)c2ccc(O)cc2-c2cc(O)ccc21. The van der Waals surface area contributed by atoms with Crippen LogP contribution in [-0.2, 0) is 5.41 Å². The lowest BCUT2D eigenvalue weighted by atomic mass is 9.82. The van der Waals surface area contributed by atoms with Crippen LogP contribution in [0.3, 0.4) is 0 Å². The smallest absolute Gasteiger partial charge is 0.116 e. The minimum atomic E-state index is -0.0773. The fourth-order valence-electron chi connectivity index (χ4n) is 2.75. The molecule has 0 aromatic heterocycles. The van der Waals surface area contributed by atoms with E-state index in [1.54, 1.807) is 24.3 Å². The van der Waals surface area contributed by atoms with Crippen LogP contribution in [0.2, 0.25) is 0 Å². The first-order chi connectivity index (χ1) is 8.00. The minimum absolute atomic E-state index is 0.0773. The van der Waals surface area contributed by atoms with Crippen LogP contribution in [0.25, 0.3) is 11.1 Å². The van der Waals surface area contributed by atoms with E-state index < -0.39 is 0 Å². The predicted molar refractivity (Wildman–Crippen MR) is 67.3 cm³/mol. The molecular formula is C15H14O2. The van der Waals surface area contributed by atoms with Crippen molar-refractivity contribution < 1.29 is 10.2 Å². The Balaban J connectivity index is 2.39. The molecule has 2 aromatic carbocycles. The van der Waals surface area contributed by atoms with Crippen LogP contribution in [0, 0.1) is 0 Å². The van der Waals surface area contributed by atoms with Crippen LogP contribution in [0.5, 0.6) is 11.5 Å². The molecular weight excluding hydrogens is 212 g/mol. The van der Waals surface area contributed by atoms with Crippen LogP contribution < -0.4 is 0 Å². The molecule has 0 saturated carbocycles. The van der Waals surface area contributed by atoms with Gasteiger partial charge in [0.25, 0.3) is 0 Å². The first-order valence-corrected chi connectivity index (χ1v) is 5.67. The molecule has 0 saturated heterocycles. The van der Waals surface area contributed by atoms with Crippen molar-refractivity contribution in [1.29, 1.82) is 0 Å². The van der Waals surface area contributed by atoms with Gasteiger partial charge < -0.3 is 10.2 Å². The van der Waals surface area contributed by atoms with Gasteiger partial charge in [-0.05, 0) is 46.5 Å². The Morgan fingerprint density at radius 1 is 0.765 bits per heavy atom. The second-order valence-electron chi connectivity index (χ2n) is 5.08. The van der Waals surface area contributed by atoms with E-state index in [2.05, 4.69) is 13.8 Å². The zero-order valence-corrected chi connectivity index (χ0v) is 9.86. The zero-order chi connectivity index (χ0) is 12.2. The molecule has 0 radical (unpaired) electrons. The third kappa shape index (κ3) is 1.27. The Kier molecular flexibility index (Phi) is 1.82. The molecule has 2 heteroatoms. The summed E-state index contributed by atoms with van der Waals surface area (Å²) in [6.07, 6.45) is 0. The summed E-state index contributed by atoms with van der Waals surface area (Å²) in [7, 11) is 0. The van der Waals surface area contributed by atoms with Crippen LogP contribution in [0.15, 0.2) is 36.4 Å². The summed E-state index contributed by atoms with van der Waals surface area (Å²) < 4.78 is 0. The summed E-state index contributed by atoms with van der Waals surface area (Å²) in [5, 5.41) is 19.2. The quantitative estimate of drug-likeness (QED) is 0.722. The highest BCUT2D eigenvalue weighted by atomic mass is 16.3. The van der Waals surface area contributed by atoms with Crippen LogP contribution in [0.4, 0.5) is 0 Å². The third-order valence-corrected chi connectivity index (χ3v) is 3.64. The molecule has 86 valence electrons. The molecule has 2 aromatic rings. The van der Waals surface area contributed by atoms with E-state index >= 15 is 0 Å². The lowest BCUT2D eigenvalue weighted by Crippen LogP contribution is -2.14. The first kappa shape index (κ1) is 10.2. The van der Waals surface area contributed by atoms with Gasteiger partial charge >= 0.3 is 0 Å². The van der Waals surface area contributed by atoms with Crippen molar-refractivity contribution in [3.63, 3.8) is 0 Å². The lowest BCUT2D eigenvalue weighted by molar-refractivity contribution is 0.474. The van der Waals surface area contributed by atoms with Gasteiger partial charge in [-0.2, -0.15) is 0 Å². The highest BCUT2D eigenvalue weighted by Crippen LogP contribution is 2.50. The van der Waals surface area contributed by atoms with Gasteiger partial charge in [0.1, 0.15) is 11.5 Å². The summed E-state index contributed by atoms with van der Waals surface area (Å²) >= 11 is 0. The van der Waals surface area contributed by atoms with Gasteiger partial charge in [-0.1, -0.05) is 26.0 Å². The van der Waals surface area contributed by atoms with Crippen molar-refractivity contribution >= 4 is 0 Å². The van der Waals surface area contributed by atoms with Crippen molar-refractivity contribution in [2.45, 2.75) is 19.3 Å². The number of hydrogen-bond donors (Lipinski definition) is 2. The normalized spacial score (nSPS) is 15.4. The molecule has 0 unspecified atom stereocenters. The number of hydrogen-bond acceptors (Lipinski definition) is 2. The van der Waals surface area contributed by atoms with Crippen molar-refractivity contribution in [1.82, 2.24) is 0 Å². The van der Waals surface area contributed by atoms with Crippen LogP contribution in [-0.4, -0.2) is 10.2 Å². The number of aromatic hydroxyl groups is 2. The summed E-state index contributed by atoms with van der Waals surface area (Å²) in [4.78, 5) is 0. The van der Waals surface area contributed by atoms with E-state index in [0.29, 0.717) is 0 Å². The Bertz CT molecular complexity index is 559. The standard InChI is InChI=1S/C15H14O2/c1-15(2)13-5-3-9(16)7-11(13)12-8-10(17)4-6-14(12)15/h3-8,16-17H,1-2H3. The Morgan fingerprint density at radius 3 is 1.59 bits per heavy atom. The van der Waals surface area contributed by atoms with E-state index in [0.717, 1.165) is 11.1 Å². The van der Waals surface area contributed by atoms with Gasteiger partial charge in [0.15, 0.2) is 0 Å². The summed E-state index contributed by atoms with van der Waals surface area (Å²) in [5.41, 5.74) is 4.33. The van der Waals surface area contributed by atoms with Crippen molar-refractivity contribution in [2.24, 2.45) is 0 Å². The molecule has 0 amide bonds. The first-order valence-electron chi connectivity index (χ1n) is 5.67. The van der Waals surface area contributed by atoms with Crippen molar-refractivity contribution in [3.05, 3.63) is 47.5 Å². The number of benzene rings is 2. The maximum Gasteiger partial charge on any atom is 0.116 e. The van der Waals surface area contributed by atoms with Crippen LogP contribution >= 0.6 is 0 Å². The molecule has 0 atom stereocenters.